The third-order valence-electron chi connectivity index (χ3n) is 2.96. The summed E-state index contributed by atoms with van der Waals surface area (Å²) in [6.45, 7) is 0.347. The fourth-order valence-corrected chi connectivity index (χ4v) is 2.08. The van der Waals surface area contributed by atoms with Crippen molar-refractivity contribution in [2.45, 2.75) is 18.4 Å². The zero-order valence-electron chi connectivity index (χ0n) is 8.74. The normalized spacial score (nSPS) is 19.9. The average molecular weight is 227 g/mol. The van der Waals surface area contributed by atoms with Crippen LogP contribution < -0.4 is 0 Å². The second-order valence-electron chi connectivity index (χ2n) is 4.14. The van der Waals surface area contributed by atoms with Gasteiger partial charge in [0, 0.05) is 12.1 Å². The summed E-state index contributed by atoms with van der Waals surface area (Å²) in [4.78, 5) is 0. The van der Waals surface area contributed by atoms with Crippen molar-refractivity contribution < 1.29 is 9.84 Å². The van der Waals surface area contributed by atoms with Crippen LogP contribution in [0.4, 0.5) is 0 Å². The average Bonchev–Trinajstić information content (AvgIpc) is 3.02. The van der Waals surface area contributed by atoms with Gasteiger partial charge in [-0.2, -0.15) is 0 Å². The van der Waals surface area contributed by atoms with Gasteiger partial charge in [-0.1, -0.05) is 23.7 Å². The Morgan fingerprint density at radius 1 is 1.40 bits per heavy atom. The van der Waals surface area contributed by atoms with Crippen LogP contribution in [0.25, 0.3) is 0 Å². The molecule has 0 radical (unpaired) electrons. The fraction of sp³-hybridized carbons (Fsp3) is 0.500. The van der Waals surface area contributed by atoms with Gasteiger partial charge in [0.15, 0.2) is 0 Å². The third-order valence-corrected chi connectivity index (χ3v) is 3.21. The molecular weight excluding hydrogens is 212 g/mol. The van der Waals surface area contributed by atoms with Gasteiger partial charge in [0.25, 0.3) is 0 Å². The van der Waals surface area contributed by atoms with Gasteiger partial charge in [0.05, 0.1) is 6.61 Å². The van der Waals surface area contributed by atoms with E-state index in [0.717, 1.165) is 18.4 Å². The molecule has 1 aliphatic rings. The minimum atomic E-state index is -0.834. The highest BCUT2D eigenvalue weighted by Crippen LogP contribution is 2.45. The maximum Gasteiger partial charge on any atom is 0.116 e. The van der Waals surface area contributed by atoms with Gasteiger partial charge in [0.2, 0.25) is 0 Å². The van der Waals surface area contributed by atoms with Gasteiger partial charge < -0.3 is 9.84 Å². The third kappa shape index (κ3) is 2.17. The zero-order chi connectivity index (χ0) is 10.9. The molecule has 1 aliphatic carbocycles. The lowest BCUT2D eigenvalue weighted by Crippen LogP contribution is -2.33. The van der Waals surface area contributed by atoms with Crippen molar-refractivity contribution in [1.82, 2.24) is 0 Å². The molecule has 82 valence electrons. The van der Waals surface area contributed by atoms with E-state index in [1.807, 2.05) is 12.1 Å². The zero-order valence-corrected chi connectivity index (χ0v) is 9.50. The molecule has 0 aromatic heterocycles. The molecule has 1 aromatic rings. The van der Waals surface area contributed by atoms with E-state index in [2.05, 4.69) is 0 Å². The first kappa shape index (κ1) is 10.9. The Bertz CT molecular complexity index is 332. The van der Waals surface area contributed by atoms with E-state index in [1.54, 1.807) is 19.2 Å². The molecule has 0 heterocycles. The molecule has 1 atom stereocenters. The van der Waals surface area contributed by atoms with Gasteiger partial charge in [-0.3, -0.25) is 0 Å². The van der Waals surface area contributed by atoms with E-state index in [4.69, 9.17) is 16.3 Å². The Morgan fingerprint density at radius 2 is 2.00 bits per heavy atom. The Hall–Kier alpha value is -0.570. The molecule has 0 aliphatic heterocycles. The topological polar surface area (TPSA) is 29.5 Å². The monoisotopic (exact) mass is 226 g/mol. The number of halogens is 1. The maximum atomic E-state index is 10.5. The Morgan fingerprint density at radius 3 is 2.47 bits per heavy atom. The number of rotatable bonds is 4. The standard InChI is InChI=1S/C12H15ClO2/c1-15-8-12(14,9-2-3-9)10-4-6-11(13)7-5-10/h4-7,9,14H,2-3,8H2,1H3. The first-order valence-electron chi connectivity index (χ1n) is 5.14. The summed E-state index contributed by atoms with van der Waals surface area (Å²) in [6, 6.07) is 7.36. The van der Waals surface area contributed by atoms with Crippen LogP contribution in [0.1, 0.15) is 18.4 Å². The predicted octanol–water partition coefficient (Wildman–Crippen LogP) is 2.58. The molecule has 0 saturated heterocycles. The van der Waals surface area contributed by atoms with Crippen molar-refractivity contribution in [3.05, 3.63) is 34.9 Å². The van der Waals surface area contributed by atoms with Crippen molar-refractivity contribution in [3.8, 4) is 0 Å². The van der Waals surface area contributed by atoms with Crippen molar-refractivity contribution in [2.24, 2.45) is 5.92 Å². The molecule has 2 rings (SSSR count). The lowest BCUT2D eigenvalue weighted by molar-refractivity contribution is -0.0532. The largest absolute Gasteiger partial charge is 0.382 e. The number of hydrogen-bond donors (Lipinski definition) is 1. The second kappa shape index (κ2) is 4.12. The van der Waals surface area contributed by atoms with Gasteiger partial charge in [-0.15, -0.1) is 0 Å². The van der Waals surface area contributed by atoms with Crippen LogP contribution >= 0.6 is 11.6 Å². The van der Waals surface area contributed by atoms with E-state index in [0.29, 0.717) is 17.5 Å². The summed E-state index contributed by atoms with van der Waals surface area (Å²) in [7, 11) is 1.61. The number of ether oxygens (including phenoxy) is 1. The minimum absolute atomic E-state index is 0.332. The Labute approximate surface area is 94.8 Å². The van der Waals surface area contributed by atoms with E-state index in [-0.39, 0.29) is 0 Å². The van der Waals surface area contributed by atoms with Crippen molar-refractivity contribution >= 4 is 11.6 Å². The summed E-state index contributed by atoms with van der Waals surface area (Å²) >= 11 is 5.82. The van der Waals surface area contributed by atoms with Gasteiger partial charge in [-0.25, -0.2) is 0 Å². The molecule has 0 spiro atoms. The number of methoxy groups -OCH3 is 1. The SMILES string of the molecule is COCC(O)(c1ccc(Cl)cc1)C1CC1. The molecule has 0 amide bonds. The summed E-state index contributed by atoms with van der Waals surface area (Å²) in [5.74, 6) is 0.332. The van der Waals surface area contributed by atoms with Crippen LogP contribution in [0.2, 0.25) is 5.02 Å². The Kier molecular flexibility index (Phi) is 3.01. The van der Waals surface area contributed by atoms with Gasteiger partial charge in [-0.05, 0) is 36.5 Å². The molecule has 0 bridgehead atoms. The lowest BCUT2D eigenvalue weighted by Gasteiger charge is -2.27. The summed E-state index contributed by atoms with van der Waals surface area (Å²) < 4.78 is 5.11. The van der Waals surface area contributed by atoms with Crippen LogP contribution in [-0.2, 0) is 10.3 Å². The van der Waals surface area contributed by atoms with E-state index in [1.165, 1.54) is 0 Å². The number of hydrogen-bond acceptors (Lipinski definition) is 2. The first-order valence-corrected chi connectivity index (χ1v) is 5.52. The van der Waals surface area contributed by atoms with Gasteiger partial charge >= 0.3 is 0 Å². The Balaban J connectivity index is 2.27. The maximum absolute atomic E-state index is 10.5. The molecule has 1 fully saturated rings. The molecule has 1 unspecified atom stereocenters. The quantitative estimate of drug-likeness (QED) is 0.855. The highest BCUT2D eigenvalue weighted by Gasteiger charge is 2.45. The van der Waals surface area contributed by atoms with Crippen molar-refractivity contribution in [3.63, 3.8) is 0 Å². The minimum Gasteiger partial charge on any atom is -0.382 e. The van der Waals surface area contributed by atoms with Crippen LogP contribution in [-0.4, -0.2) is 18.8 Å². The number of aliphatic hydroxyl groups is 1. The molecule has 1 N–H and O–H groups in total. The highest BCUT2D eigenvalue weighted by molar-refractivity contribution is 6.30. The predicted molar refractivity (Wildman–Crippen MR) is 59.9 cm³/mol. The second-order valence-corrected chi connectivity index (χ2v) is 4.57. The summed E-state index contributed by atoms with van der Waals surface area (Å²) in [5, 5.41) is 11.2. The highest BCUT2D eigenvalue weighted by atomic mass is 35.5. The van der Waals surface area contributed by atoms with E-state index in [9.17, 15) is 5.11 Å². The van der Waals surface area contributed by atoms with Crippen molar-refractivity contribution in [2.75, 3.05) is 13.7 Å². The van der Waals surface area contributed by atoms with Crippen LogP contribution in [0.15, 0.2) is 24.3 Å². The summed E-state index contributed by atoms with van der Waals surface area (Å²) in [6.07, 6.45) is 2.14. The first-order chi connectivity index (χ1) is 7.16. The van der Waals surface area contributed by atoms with Crippen LogP contribution in [0.3, 0.4) is 0 Å². The molecule has 1 saturated carbocycles. The molecule has 2 nitrogen and oxygen atoms in total. The molecular formula is C12H15ClO2. The molecule has 1 aromatic carbocycles. The van der Waals surface area contributed by atoms with E-state index >= 15 is 0 Å². The number of benzene rings is 1. The molecule has 15 heavy (non-hydrogen) atoms. The summed E-state index contributed by atoms with van der Waals surface area (Å²) in [5.41, 5.74) is 0.0653. The van der Waals surface area contributed by atoms with E-state index < -0.39 is 5.60 Å². The van der Waals surface area contributed by atoms with Crippen LogP contribution in [0, 0.1) is 5.92 Å². The van der Waals surface area contributed by atoms with Crippen molar-refractivity contribution in [1.29, 1.82) is 0 Å². The van der Waals surface area contributed by atoms with Crippen LogP contribution in [0.5, 0.6) is 0 Å². The van der Waals surface area contributed by atoms with Gasteiger partial charge in [0.1, 0.15) is 5.60 Å². The molecule has 3 heteroatoms. The lowest BCUT2D eigenvalue weighted by atomic mass is 9.90. The smallest absolute Gasteiger partial charge is 0.116 e. The fourth-order valence-electron chi connectivity index (χ4n) is 1.96.